The standard InChI is InChI=1S/C13H27ClN4/c1-10(2)5-8-18-7-4-6-17(3)11-9-15-13(14)16-12(11)18/h10-13,15-16H,4-9H2,1-3H3. The molecule has 5 heteroatoms. The van der Waals surface area contributed by atoms with Crippen molar-refractivity contribution in [1.29, 1.82) is 0 Å². The Morgan fingerprint density at radius 3 is 2.83 bits per heavy atom. The van der Waals surface area contributed by atoms with Crippen LogP contribution in [-0.2, 0) is 0 Å². The molecule has 2 heterocycles. The maximum absolute atomic E-state index is 6.20. The summed E-state index contributed by atoms with van der Waals surface area (Å²) >= 11 is 6.20. The Bertz CT molecular complexity index is 261. The van der Waals surface area contributed by atoms with Gasteiger partial charge in [-0.3, -0.25) is 20.4 Å². The molecule has 0 aliphatic carbocycles. The number of fused-ring (bicyclic) bond motifs is 1. The molecule has 0 aromatic carbocycles. The zero-order valence-corrected chi connectivity index (χ0v) is 12.6. The van der Waals surface area contributed by atoms with E-state index < -0.39 is 0 Å². The summed E-state index contributed by atoms with van der Waals surface area (Å²) in [5, 5.41) is 6.81. The number of halogens is 1. The Labute approximate surface area is 116 Å². The molecular formula is C13H27ClN4. The second kappa shape index (κ2) is 6.53. The van der Waals surface area contributed by atoms with Gasteiger partial charge in [0, 0.05) is 13.1 Å². The molecule has 2 N–H and O–H groups in total. The Kier molecular flexibility index (Phi) is 5.27. The van der Waals surface area contributed by atoms with Crippen molar-refractivity contribution in [2.45, 2.75) is 44.5 Å². The third-order valence-corrected chi connectivity index (χ3v) is 4.38. The van der Waals surface area contributed by atoms with Crippen molar-refractivity contribution < 1.29 is 0 Å². The van der Waals surface area contributed by atoms with Crippen LogP contribution in [0, 0.1) is 5.92 Å². The van der Waals surface area contributed by atoms with Crippen LogP contribution in [0.3, 0.4) is 0 Å². The van der Waals surface area contributed by atoms with E-state index in [4.69, 9.17) is 11.6 Å². The van der Waals surface area contributed by atoms with Gasteiger partial charge in [0.05, 0.1) is 12.2 Å². The van der Waals surface area contributed by atoms with Gasteiger partial charge in [-0.25, -0.2) is 0 Å². The minimum absolute atomic E-state index is 0.0979. The van der Waals surface area contributed by atoms with Crippen molar-refractivity contribution >= 4 is 11.6 Å². The second-order valence-electron chi connectivity index (χ2n) is 6.00. The van der Waals surface area contributed by atoms with Crippen LogP contribution in [0.5, 0.6) is 0 Å². The molecule has 0 aromatic rings. The largest absolute Gasteiger partial charge is 0.299 e. The summed E-state index contributed by atoms with van der Waals surface area (Å²) in [5.74, 6) is 0.762. The van der Waals surface area contributed by atoms with E-state index >= 15 is 0 Å². The maximum atomic E-state index is 6.20. The molecule has 2 aliphatic heterocycles. The van der Waals surface area contributed by atoms with Gasteiger partial charge in [-0.15, -0.1) is 0 Å². The molecule has 0 saturated carbocycles. The van der Waals surface area contributed by atoms with Gasteiger partial charge in [0.2, 0.25) is 0 Å². The van der Waals surface area contributed by atoms with Crippen molar-refractivity contribution in [2.24, 2.45) is 5.92 Å². The summed E-state index contributed by atoms with van der Waals surface area (Å²) in [5.41, 5.74) is -0.0979. The first-order valence-corrected chi connectivity index (χ1v) is 7.59. The van der Waals surface area contributed by atoms with Crippen LogP contribution in [0.4, 0.5) is 0 Å². The zero-order valence-electron chi connectivity index (χ0n) is 11.8. The number of alkyl halides is 1. The lowest BCUT2D eigenvalue weighted by atomic mass is 10.1. The molecule has 2 saturated heterocycles. The average molecular weight is 275 g/mol. The lowest BCUT2D eigenvalue weighted by Gasteiger charge is -2.43. The Morgan fingerprint density at radius 1 is 1.33 bits per heavy atom. The molecule has 0 spiro atoms. The zero-order chi connectivity index (χ0) is 13.1. The van der Waals surface area contributed by atoms with Gasteiger partial charge in [-0.05, 0) is 38.9 Å². The van der Waals surface area contributed by atoms with Gasteiger partial charge in [-0.2, -0.15) is 0 Å². The Balaban J connectivity index is 2.02. The number of nitrogens with one attached hydrogen (secondary N) is 2. The van der Waals surface area contributed by atoms with Crippen LogP contribution in [0.1, 0.15) is 26.7 Å². The third kappa shape index (κ3) is 3.58. The van der Waals surface area contributed by atoms with Crippen molar-refractivity contribution in [3.8, 4) is 0 Å². The molecule has 0 aromatic heterocycles. The summed E-state index contributed by atoms with van der Waals surface area (Å²) in [4.78, 5) is 5.05. The minimum Gasteiger partial charge on any atom is -0.299 e. The topological polar surface area (TPSA) is 30.5 Å². The summed E-state index contributed by atoms with van der Waals surface area (Å²) in [6.45, 7) is 9.08. The molecule has 0 amide bonds. The fourth-order valence-corrected chi connectivity index (χ4v) is 3.12. The first-order chi connectivity index (χ1) is 8.58. The van der Waals surface area contributed by atoms with Crippen LogP contribution in [-0.4, -0.2) is 60.9 Å². The van der Waals surface area contributed by atoms with E-state index in [1.54, 1.807) is 0 Å². The Morgan fingerprint density at radius 2 is 2.11 bits per heavy atom. The third-order valence-electron chi connectivity index (χ3n) is 4.10. The van der Waals surface area contributed by atoms with E-state index in [0.717, 1.165) is 12.5 Å². The van der Waals surface area contributed by atoms with Crippen molar-refractivity contribution in [1.82, 2.24) is 20.4 Å². The molecule has 0 bridgehead atoms. The lowest BCUT2D eigenvalue weighted by molar-refractivity contribution is 0.0686. The number of nitrogens with zero attached hydrogens (tertiary/aromatic N) is 2. The maximum Gasteiger partial charge on any atom is 0.136 e. The fourth-order valence-electron chi connectivity index (χ4n) is 2.90. The van der Waals surface area contributed by atoms with Gasteiger partial charge in [0.1, 0.15) is 5.62 Å². The van der Waals surface area contributed by atoms with Crippen LogP contribution < -0.4 is 10.6 Å². The highest BCUT2D eigenvalue weighted by Gasteiger charge is 2.36. The van der Waals surface area contributed by atoms with Gasteiger partial charge in [-0.1, -0.05) is 25.4 Å². The van der Waals surface area contributed by atoms with Gasteiger partial charge in [0.15, 0.2) is 0 Å². The molecule has 2 fully saturated rings. The molecule has 106 valence electrons. The number of hydrogen-bond donors (Lipinski definition) is 2. The molecule has 4 nitrogen and oxygen atoms in total. The highest BCUT2D eigenvalue weighted by Crippen LogP contribution is 2.18. The van der Waals surface area contributed by atoms with Gasteiger partial charge < -0.3 is 0 Å². The normalized spacial score (nSPS) is 35.5. The van der Waals surface area contributed by atoms with Crippen molar-refractivity contribution in [2.75, 3.05) is 33.2 Å². The van der Waals surface area contributed by atoms with E-state index in [-0.39, 0.29) is 5.62 Å². The second-order valence-corrected chi connectivity index (χ2v) is 6.44. The predicted molar refractivity (Wildman–Crippen MR) is 76.6 cm³/mol. The van der Waals surface area contributed by atoms with Crippen LogP contribution in [0.15, 0.2) is 0 Å². The van der Waals surface area contributed by atoms with Crippen LogP contribution in [0.25, 0.3) is 0 Å². The van der Waals surface area contributed by atoms with E-state index in [9.17, 15) is 0 Å². The van der Waals surface area contributed by atoms with E-state index in [1.807, 2.05) is 0 Å². The van der Waals surface area contributed by atoms with Crippen LogP contribution >= 0.6 is 11.6 Å². The number of likely N-dealkylation sites (N-methyl/N-ethyl adjacent to an activating group) is 1. The van der Waals surface area contributed by atoms with Gasteiger partial charge >= 0.3 is 0 Å². The highest BCUT2D eigenvalue weighted by molar-refractivity contribution is 6.20. The lowest BCUT2D eigenvalue weighted by Crippen LogP contribution is -2.67. The first kappa shape index (κ1) is 14.5. The SMILES string of the molecule is CC(C)CCN1CCCN(C)C2CNC(Cl)NC21. The first-order valence-electron chi connectivity index (χ1n) is 7.15. The molecule has 2 rings (SSSR count). The monoisotopic (exact) mass is 274 g/mol. The Hall–Kier alpha value is 0.130. The quantitative estimate of drug-likeness (QED) is 0.596. The minimum atomic E-state index is -0.0979. The number of rotatable bonds is 3. The average Bonchev–Trinajstić information content (AvgIpc) is 2.46. The highest BCUT2D eigenvalue weighted by atomic mass is 35.5. The molecule has 18 heavy (non-hydrogen) atoms. The van der Waals surface area contributed by atoms with Gasteiger partial charge in [0.25, 0.3) is 0 Å². The molecule has 3 unspecified atom stereocenters. The smallest absolute Gasteiger partial charge is 0.136 e. The van der Waals surface area contributed by atoms with E-state index in [2.05, 4.69) is 41.3 Å². The predicted octanol–water partition coefficient (Wildman–Crippen LogP) is 1.08. The van der Waals surface area contributed by atoms with Crippen molar-refractivity contribution in [3.63, 3.8) is 0 Å². The molecule has 2 aliphatic rings. The summed E-state index contributed by atoms with van der Waals surface area (Å²) in [6, 6.07) is 0.523. The fraction of sp³-hybridized carbons (Fsp3) is 1.00. The molecule has 0 radical (unpaired) electrons. The van der Waals surface area contributed by atoms with E-state index in [1.165, 1.54) is 32.5 Å². The summed E-state index contributed by atoms with van der Waals surface area (Å²) < 4.78 is 0. The number of hydrogen-bond acceptors (Lipinski definition) is 4. The van der Waals surface area contributed by atoms with Crippen molar-refractivity contribution in [3.05, 3.63) is 0 Å². The van der Waals surface area contributed by atoms with Crippen LogP contribution in [0.2, 0.25) is 0 Å². The summed E-state index contributed by atoms with van der Waals surface area (Å²) in [6.07, 6.45) is 2.89. The molecular weight excluding hydrogens is 248 g/mol. The molecule has 3 atom stereocenters. The van der Waals surface area contributed by atoms with E-state index in [0.29, 0.717) is 12.2 Å². The summed E-state index contributed by atoms with van der Waals surface area (Å²) in [7, 11) is 2.22.